The van der Waals surface area contributed by atoms with Gasteiger partial charge in [-0.2, -0.15) is 0 Å². The zero-order chi connectivity index (χ0) is 16.7. The summed E-state index contributed by atoms with van der Waals surface area (Å²) in [6.45, 7) is 4.05. The highest BCUT2D eigenvalue weighted by atomic mass is 32.1. The Labute approximate surface area is 144 Å². The van der Waals surface area contributed by atoms with E-state index in [9.17, 15) is 9.59 Å². The van der Waals surface area contributed by atoms with E-state index < -0.39 is 0 Å². The smallest absolute Gasteiger partial charge is 0.276 e. The Morgan fingerprint density at radius 2 is 2.00 bits per heavy atom. The number of amides is 2. The number of aryl methyl sites for hydroxylation is 1. The summed E-state index contributed by atoms with van der Waals surface area (Å²) in [7, 11) is 0. The fourth-order valence-electron chi connectivity index (χ4n) is 3.28. The number of rotatable bonds is 3. The molecule has 4 rings (SSSR count). The molecular formula is C17H19N3O3S. The molecule has 0 spiro atoms. The van der Waals surface area contributed by atoms with Gasteiger partial charge in [-0.15, -0.1) is 11.3 Å². The Morgan fingerprint density at radius 1 is 1.25 bits per heavy atom. The molecule has 2 aliphatic rings. The molecule has 1 saturated heterocycles. The van der Waals surface area contributed by atoms with Crippen molar-refractivity contribution in [1.29, 1.82) is 0 Å². The van der Waals surface area contributed by atoms with Crippen LogP contribution in [0.4, 0.5) is 0 Å². The van der Waals surface area contributed by atoms with Crippen molar-refractivity contribution in [1.82, 2.24) is 15.0 Å². The zero-order valence-corrected chi connectivity index (χ0v) is 14.3. The van der Waals surface area contributed by atoms with E-state index in [1.54, 1.807) is 29.2 Å². The van der Waals surface area contributed by atoms with E-state index in [0.29, 0.717) is 43.6 Å². The summed E-state index contributed by atoms with van der Waals surface area (Å²) in [5.41, 5.74) is 0.340. The fraction of sp³-hybridized carbons (Fsp3) is 0.471. The summed E-state index contributed by atoms with van der Waals surface area (Å²) < 4.78 is 4.96. The van der Waals surface area contributed by atoms with Crippen molar-refractivity contribution in [3.63, 3.8) is 0 Å². The molecule has 2 amide bonds. The molecular weight excluding hydrogens is 326 g/mol. The molecule has 7 heteroatoms. The first-order valence-electron chi connectivity index (χ1n) is 8.18. The number of carbonyl (C=O) groups excluding carboxylic acids is 2. The van der Waals surface area contributed by atoms with Crippen LogP contribution in [0.25, 0.3) is 0 Å². The molecule has 3 heterocycles. The predicted octanol–water partition coefficient (Wildman–Crippen LogP) is 2.13. The lowest BCUT2D eigenvalue weighted by Gasteiger charge is -2.34. The number of aromatic nitrogens is 1. The molecule has 24 heavy (non-hydrogen) atoms. The van der Waals surface area contributed by atoms with Crippen LogP contribution in [-0.2, 0) is 4.79 Å². The van der Waals surface area contributed by atoms with E-state index in [4.69, 9.17) is 4.52 Å². The topological polar surface area (TPSA) is 66.7 Å². The fourth-order valence-corrected chi connectivity index (χ4v) is 4.18. The maximum absolute atomic E-state index is 12.6. The lowest BCUT2D eigenvalue weighted by atomic mass is 10.2. The normalized spacial score (nSPS) is 23.4. The minimum atomic E-state index is -0.123. The van der Waals surface area contributed by atoms with E-state index in [0.717, 1.165) is 6.42 Å². The number of nitrogens with zero attached hydrogens (tertiary/aromatic N) is 3. The van der Waals surface area contributed by atoms with Crippen LogP contribution < -0.4 is 0 Å². The standard InChI is InChI=1S/C17H19N3O3S/c1-11-9-14(18-23-11)17(22)20-6-4-19(5-7-20)16(21)13-10-12(13)15-3-2-8-24-15/h2-3,8-9,12-13H,4-7,10H2,1H3. The van der Waals surface area contributed by atoms with Gasteiger partial charge in [0.1, 0.15) is 5.76 Å². The third-order valence-corrected chi connectivity index (χ3v) is 5.75. The summed E-state index contributed by atoms with van der Waals surface area (Å²) in [5.74, 6) is 1.26. The van der Waals surface area contributed by atoms with Crippen molar-refractivity contribution >= 4 is 23.2 Å². The minimum Gasteiger partial charge on any atom is -0.361 e. The van der Waals surface area contributed by atoms with Gasteiger partial charge < -0.3 is 14.3 Å². The largest absolute Gasteiger partial charge is 0.361 e. The van der Waals surface area contributed by atoms with Crippen molar-refractivity contribution in [2.45, 2.75) is 19.3 Å². The second-order valence-electron chi connectivity index (χ2n) is 6.40. The Balaban J connectivity index is 1.32. The molecule has 126 valence electrons. The minimum absolute atomic E-state index is 0.123. The molecule has 1 aliphatic heterocycles. The van der Waals surface area contributed by atoms with Crippen LogP contribution in [0.3, 0.4) is 0 Å². The summed E-state index contributed by atoms with van der Waals surface area (Å²) in [6, 6.07) is 5.80. The van der Waals surface area contributed by atoms with Crippen LogP contribution in [0.2, 0.25) is 0 Å². The van der Waals surface area contributed by atoms with Gasteiger partial charge in [-0.25, -0.2) is 0 Å². The van der Waals surface area contributed by atoms with Gasteiger partial charge in [-0.3, -0.25) is 9.59 Å². The van der Waals surface area contributed by atoms with Gasteiger partial charge in [-0.05, 0) is 24.8 Å². The van der Waals surface area contributed by atoms with Crippen molar-refractivity contribution in [2.24, 2.45) is 5.92 Å². The van der Waals surface area contributed by atoms with Crippen molar-refractivity contribution in [2.75, 3.05) is 26.2 Å². The van der Waals surface area contributed by atoms with Crippen LogP contribution in [0.5, 0.6) is 0 Å². The maximum Gasteiger partial charge on any atom is 0.276 e. The molecule has 0 bridgehead atoms. The van der Waals surface area contributed by atoms with E-state index in [-0.39, 0.29) is 17.7 Å². The first-order chi connectivity index (χ1) is 11.6. The second kappa shape index (κ2) is 6.05. The van der Waals surface area contributed by atoms with Crippen LogP contribution in [0, 0.1) is 12.8 Å². The van der Waals surface area contributed by atoms with Crippen LogP contribution >= 0.6 is 11.3 Å². The predicted molar refractivity (Wildman–Crippen MR) is 88.9 cm³/mol. The van der Waals surface area contributed by atoms with Gasteiger partial charge in [0.2, 0.25) is 5.91 Å². The number of carbonyl (C=O) groups is 2. The van der Waals surface area contributed by atoms with Gasteiger partial charge in [0.05, 0.1) is 0 Å². The Kier molecular flexibility index (Phi) is 3.88. The van der Waals surface area contributed by atoms with Gasteiger partial charge in [0, 0.05) is 49.0 Å². The molecule has 6 nitrogen and oxygen atoms in total. The Hall–Kier alpha value is -2.15. The molecule has 2 aromatic rings. The van der Waals surface area contributed by atoms with E-state index >= 15 is 0 Å². The Morgan fingerprint density at radius 3 is 2.62 bits per heavy atom. The first kappa shape index (κ1) is 15.4. The molecule has 2 aromatic heterocycles. The maximum atomic E-state index is 12.6. The summed E-state index contributed by atoms with van der Waals surface area (Å²) >= 11 is 1.73. The highest BCUT2D eigenvalue weighted by molar-refractivity contribution is 7.10. The third-order valence-electron chi connectivity index (χ3n) is 4.74. The highest BCUT2D eigenvalue weighted by Gasteiger charge is 2.46. The molecule has 2 unspecified atom stereocenters. The summed E-state index contributed by atoms with van der Waals surface area (Å²) in [4.78, 5) is 29.9. The van der Waals surface area contributed by atoms with Gasteiger partial charge in [-0.1, -0.05) is 11.2 Å². The molecule has 0 aromatic carbocycles. The van der Waals surface area contributed by atoms with Crippen LogP contribution in [0.15, 0.2) is 28.1 Å². The van der Waals surface area contributed by atoms with Gasteiger partial charge in [0.25, 0.3) is 5.91 Å². The summed E-state index contributed by atoms with van der Waals surface area (Å²) in [5, 5.41) is 5.84. The highest BCUT2D eigenvalue weighted by Crippen LogP contribution is 2.50. The quantitative estimate of drug-likeness (QED) is 0.855. The van der Waals surface area contributed by atoms with E-state index in [1.807, 2.05) is 11.0 Å². The van der Waals surface area contributed by atoms with Gasteiger partial charge in [0.15, 0.2) is 5.69 Å². The van der Waals surface area contributed by atoms with Crippen molar-refractivity contribution < 1.29 is 14.1 Å². The SMILES string of the molecule is Cc1cc(C(=O)N2CCN(C(=O)C3CC3c3cccs3)CC2)no1. The zero-order valence-electron chi connectivity index (χ0n) is 13.5. The molecule has 2 fully saturated rings. The molecule has 1 saturated carbocycles. The monoisotopic (exact) mass is 345 g/mol. The van der Waals surface area contributed by atoms with Crippen molar-refractivity contribution in [3.8, 4) is 0 Å². The molecule has 0 radical (unpaired) electrons. The van der Waals surface area contributed by atoms with E-state index in [2.05, 4.69) is 16.6 Å². The second-order valence-corrected chi connectivity index (χ2v) is 7.38. The molecule has 2 atom stereocenters. The first-order valence-corrected chi connectivity index (χ1v) is 9.06. The average Bonchev–Trinajstić information content (AvgIpc) is 3.00. The van der Waals surface area contributed by atoms with Crippen LogP contribution in [0.1, 0.15) is 33.5 Å². The molecule has 0 N–H and O–H groups in total. The molecule has 1 aliphatic carbocycles. The van der Waals surface area contributed by atoms with Crippen molar-refractivity contribution in [3.05, 3.63) is 39.9 Å². The number of piperazine rings is 1. The number of hydrogen-bond acceptors (Lipinski definition) is 5. The van der Waals surface area contributed by atoms with Crippen LogP contribution in [-0.4, -0.2) is 52.9 Å². The van der Waals surface area contributed by atoms with E-state index in [1.165, 1.54) is 4.88 Å². The lowest BCUT2D eigenvalue weighted by molar-refractivity contribution is -0.134. The Bertz CT molecular complexity index is 747. The average molecular weight is 345 g/mol. The lowest BCUT2D eigenvalue weighted by Crippen LogP contribution is -2.51. The van der Waals surface area contributed by atoms with Gasteiger partial charge >= 0.3 is 0 Å². The number of hydrogen-bond donors (Lipinski definition) is 0. The number of thiophene rings is 1. The summed E-state index contributed by atoms with van der Waals surface area (Å²) in [6.07, 6.45) is 0.955. The third kappa shape index (κ3) is 2.84.